The highest BCUT2D eigenvalue weighted by Crippen LogP contribution is 2.22. The molecule has 0 atom stereocenters. The number of anilines is 1. The number of rotatable bonds is 2. The number of nitrogens with zero attached hydrogens (tertiary/aromatic N) is 2. The van der Waals surface area contributed by atoms with Gasteiger partial charge in [-0.1, -0.05) is 0 Å². The third-order valence-electron chi connectivity index (χ3n) is 3.36. The third-order valence-corrected chi connectivity index (χ3v) is 3.36. The molecule has 0 aliphatic carbocycles. The van der Waals surface area contributed by atoms with Crippen molar-refractivity contribution < 1.29 is 56.0 Å². The van der Waals surface area contributed by atoms with Crippen molar-refractivity contribution in [2.75, 3.05) is 18.0 Å². The van der Waals surface area contributed by atoms with Gasteiger partial charge < -0.3 is 20.2 Å². The van der Waals surface area contributed by atoms with Crippen molar-refractivity contribution in [1.82, 2.24) is 4.98 Å². The highest BCUT2D eigenvalue weighted by atomic mass is 19.4. The van der Waals surface area contributed by atoms with E-state index in [2.05, 4.69) is 9.88 Å². The fourth-order valence-electron chi connectivity index (χ4n) is 1.94. The van der Waals surface area contributed by atoms with Crippen molar-refractivity contribution in [3.05, 3.63) is 24.5 Å². The summed E-state index contributed by atoms with van der Waals surface area (Å²) in [5.41, 5.74) is 1.13. The second-order valence-electron chi connectivity index (χ2n) is 5.41. The van der Waals surface area contributed by atoms with Gasteiger partial charge in [-0.3, -0.25) is 9.78 Å². The van der Waals surface area contributed by atoms with Crippen LogP contribution in [0.15, 0.2) is 24.5 Å². The van der Waals surface area contributed by atoms with E-state index in [4.69, 9.17) is 24.9 Å². The molecule has 2 rings (SSSR count). The number of carboxylic acids is 3. The molecule has 1 fully saturated rings. The Kier molecular flexibility index (Phi) is 9.90. The number of carboxylic acid groups (broad SMARTS) is 3. The van der Waals surface area contributed by atoms with Gasteiger partial charge in [-0.25, -0.2) is 9.59 Å². The molecule has 1 aliphatic rings. The van der Waals surface area contributed by atoms with E-state index in [-0.39, 0.29) is 5.92 Å². The van der Waals surface area contributed by atoms with Crippen LogP contribution in [0.4, 0.5) is 32.0 Å². The number of pyridine rings is 1. The molecule has 14 heteroatoms. The van der Waals surface area contributed by atoms with E-state index in [1.54, 1.807) is 12.4 Å². The number of carbonyl (C=O) groups is 3. The van der Waals surface area contributed by atoms with Gasteiger partial charge in [-0.05, 0) is 25.0 Å². The highest BCUT2D eigenvalue weighted by Gasteiger charge is 2.38. The van der Waals surface area contributed by atoms with Crippen LogP contribution in [0.5, 0.6) is 0 Å². The van der Waals surface area contributed by atoms with Gasteiger partial charge in [-0.15, -0.1) is 0 Å². The standard InChI is InChI=1S/C11H14N2O2.2C2HF3O2/c14-11(15)9-3-7-13(8-4-9)10-1-5-12-6-2-10;2*3-2(4,5)1(6)7/h1-2,5-6,9H,3-4,7-8H2,(H,14,15);2*(H,6,7). The molecule has 29 heavy (non-hydrogen) atoms. The van der Waals surface area contributed by atoms with Crippen molar-refractivity contribution in [2.45, 2.75) is 25.2 Å². The summed E-state index contributed by atoms with van der Waals surface area (Å²) in [7, 11) is 0. The van der Waals surface area contributed by atoms with Crippen LogP contribution in [0.25, 0.3) is 0 Å². The van der Waals surface area contributed by atoms with Crippen molar-refractivity contribution >= 4 is 23.6 Å². The molecule has 1 aliphatic heterocycles. The number of aromatic nitrogens is 1. The lowest BCUT2D eigenvalue weighted by atomic mass is 9.97. The summed E-state index contributed by atoms with van der Waals surface area (Å²) >= 11 is 0. The molecule has 1 aromatic heterocycles. The minimum Gasteiger partial charge on any atom is -0.481 e. The Bertz CT molecular complexity index is 648. The van der Waals surface area contributed by atoms with Crippen LogP contribution in [-0.2, 0) is 14.4 Å². The third kappa shape index (κ3) is 10.8. The summed E-state index contributed by atoms with van der Waals surface area (Å²) in [6.07, 6.45) is -5.17. The fourth-order valence-corrected chi connectivity index (χ4v) is 1.94. The molecule has 0 amide bonds. The van der Waals surface area contributed by atoms with Gasteiger partial charge in [0, 0.05) is 31.2 Å². The van der Waals surface area contributed by atoms with E-state index in [0.29, 0.717) is 0 Å². The fraction of sp³-hybridized carbons (Fsp3) is 0.467. The number of piperidine rings is 1. The van der Waals surface area contributed by atoms with Gasteiger partial charge >= 0.3 is 30.3 Å². The average molecular weight is 434 g/mol. The van der Waals surface area contributed by atoms with Crippen LogP contribution in [-0.4, -0.2) is 63.7 Å². The molecule has 2 heterocycles. The van der Waals surface area contributed by atoms with Gasteiger partial charge in [-0.2, -0.15) is 26.3 Å². The topological polar surface area (TPSA) is 128 Å². The quantitative estimate of drug-likeness (QED) is 0.607. The van der Waals surface area contributed by atoms with Crippen LogP contribution in [0, 0.1) is 5.92 Å². The number of hydrogen-bond acceptors (Lipinski definition) is 5. The Morgan fingerprint density at radius 2 is 1.21 bits per heavy atom. The van der Waals surface area contributed by atoms with Gasteiger partial charge in [0.2, 0.25) is 0 Å². The molecular weight excluding hydrogens is 418 g/mol. The molecule has 0 saturated carbocycles. The first-order valence-electron chi connectivity index (χ1n) is 7.64. The monoisotopic (exact) mass is 434 g/mol. The zero-order valence-corrected chi connectivity index (χ0v) is 14.4. The van der Waals surface area contributed by atoms with E-state index in [1.165, 1.54) is 0 Å². The molecule has 164 valence electrons. The molecule has 3 N–H and O–H groups in total. The predicted octanol–water partition coefficient (Wildman–Crippen LogP) is 2.65. The van der Waals surface area contributed by atoms with Crippen LogP contribution in [0.3, 0.4) is 0 Å². The minimum atomic E-state index is -5.08. The predicted molar refractivity (Wildman–Crippen MR) is 84.2 cm³/mol. The molecule has 0 bridgehead atoms. The zero-order chi connectivity index (χ0) is 22.8. The molecule has 0 radical (unpaired) electrons. The lowest BCUT2D eigenvalue weighted by molar-refractivity contribution is -0.193. The van der Waals surface area contributed by atoms with Crippen LogP contribution >= 0.6 is 0 Å². The average Bonchev–Trinajstić information content (AvgIpc) is 2.62. The molecule has 8 nitrogen and oxygen atoms in total. The number of halogens is 6. The number of hydrogen-bond donors (Lipinski definition) is 3. The Hall–Kier alpha value is -3.06. The molecule has 0 spiro atoms. The van der Waals surface area contributed by atoms with Gasteiger partial charge in [0.05, 0.1) is 5.92 Å². The Morgan fingerprint density at radius 3 is 1.48 bits per heavy atom. The van der Waals surface area contributed by atoms with E-state index >= 15 is 0 Å². The lowest BCUT2D eigenvalue weighted by Gasteiger charge is -2.31. The summed E-state index contributed by atoms with van der Waals surface area (Å²) in [6, 6.07) is 3.92. The van der Waals surface area contributed by atoms with Crippen molar-refractivity contribution in [1.29, 1.82) is 0 Å². The first-order chi connectivity index (χ1) is 13.2. The normalized spacial score (nSPS) is 14.6. The maximum atomic E-state index is 10.8. The largest absolute Gasteiger partial charge is 0.490 e. The molecular formula is C15H16F6N2O6. The maximum Gasteiger partial charge on any atom is 0.490 e. The van der Waals surface area contributed by atoms with E-state index in [0.717, 1.165) is 31.6 Å². The summed E-state index contributed by atoms with van der Waals surface area (Å²) in [5.74, 6) is -6.34. The van der Waals surface area contributed by atoms with E-state index < -0.39 is 30.3 Å². The summed E-state index contributed by atoms with van der Waals surface area (Å²) in [5, 5.41) is 23.1. The lowest BCUT2D eigenvalue weighted by Crippen LogP contribution is -2.36. The second kappa shape index (κ2) is 11.1. The van der Waals surface area contributed by atoms with Crippen molar-refractivity contribution in [2.24, 2.45) is 5.92 Å². The Balaban J connectivity index is 0.000000473. The number of alkyl halides is 6. The molecule has 0 unspecified atom stereocenters. The highest BCUT2D eigenvalue weighted by molar-refractivity contribution is 5.73. The Labute approximate surface area is 159 Å². The van der Waals surface area contributed by atoms with Crippen LogP contribution in [0.2, 0.25) is 0 Å². The van der Waals surface area contributed by atoms with Gasteiger partial charge in [0.1, 0.15) is 0 Å². The van der Waals surface area contributed by atoms with Gasteiger partial charge in [0.15, 0.2) is 0 Å². The maximum absolute atomic E-state index is 10.8. The summed E-state index contributed by atoms with van der Waals surface area (Å²) in [6.45, 7) is 1.64. The molecule has 1 saturated heterocycles. The number of aliphatic carboxylic acids is 3. The van der Waals surface area contributed by atoms with Crippen molar-refractivity contribution in [3.63, 3.8) is 0 Å². The minimum absolute atomic E-state index is 0.164. The molecule has 1 aromatic rings. The Morgan fingerprint density at radius 1 is 0.862 bits per heavy atom. The zero-order valence-electron chi connectivity index (χ0n) is 14.4. The first-order valence-corrected chi connectivity index (χ1v) is 7.64. The summed E-state index contributed by atoms with van der Waals surface area (Å²) < 4.78 is 63.5. The summed E-state index contributed by atoms with van der Waals surface area (Å²) in [4.78, 5) is 34.7. The van der Waals surface area contributed by atoms with Crippen LogP contribution in [0.1, 0.15) is 12.8 Å². The first kappa shape index (κ1) is 25.9. The van der Waals surface area contributed by atoms with E-state index in [9.17, 15) is 31.1 Å². The SMILES string of the molecule is O=C(O)C(F)(F)F.O=C(O)C(F)(F)F.O=C(O)C1CCN(c2ccncc2)CC1. The second-order valence-corrected chi connectivity index (χ2v) is 5.41. The van der Waals surface area contributed by atoms with Crippen molar-refractivity contribution in [3.8, 4) is 0 Å². The van der Waals surface area contributed by atoms with E-state index in [1.807, 2.05) is 12.1 Å². The van der Waals surface area contributed by atoms with Crippen LogP contribution < -0.4 is 4.90 Å². The van der Waals surface area contributed by atoms with Gasteiger partial charge in [0.25, 0.3) is 0 Å². The molecule has 0 aromatic carbocycles. The smallest absolute Gasteiger partial charge is 0.481 e.